The van der Waals surface area contributed by atoms with Gasteiger partial charge in [-0.15, -0.1) is 0 Å². The number of nitrogens with zero attached hydrogens (tertiary/aromatic N) is 5. The summed E-state index contributed by atoms with van der Waals surface area (Å²) in [5.41, 5.74) is 4.85. The topological polar surface area (TPSA) is 48.5 Å². The van der Waals surface area contributed by atoms with Crippen LogP contribution in [0.5, 0.6) is 0 Å². The lowest BCUT2D eigenvalue weighted by molar-refractivity contribution is 0.600. The first-order valence-corrected chi connectivity index (χ1v) is 8.58. The van der Waals surface area contributed by atoms with Crippen LogP contribution >= 0.6 is 0 Å². The van der Waals surface area contributed by atoms with Crippen LogP contribution in [0.3, 0.4) is 0 Å². The lowest BCUT2D eigenvalue weighted by Gasteiger charge is -2.10. The molecule has 5 heteroatoms. The molecule has 124 valence electrons. The Morgan fingerprint density at radius 3 is 2.54 bits per heavy atom. The Balaban J connectivity index is 1.67. The first-order valence-electron chi connectivity index (χ1n) is 8.58. The fourth-order valence-corrected chi connectivity index (χ4v) is 2.96. The summed E-state index contributed by atoms with van der Waals surface area (Å²) < 4.78 is 4.23. The van der Waals surface area contributed by atoms with Crippen LogP contribution in [0, 0.1) is 20.8 Å². The molecule has 1 aliphatic rings. The summed E-state index contributed by atoms with van der Waals surface area (Å²) in [5, 5.41) is 4.81. The Morgan fingerprint density at radius 1 is 1.08 bits per heavy atom. The van der Waals surface area contributed by atoms with Gasteiger partial charge in [0.2, 0.25) is 0 Å². The van der Waals surface area contributed by atoms with E-state index >= 15 is 0 Å². The number of hydrogen-bond acceptors (Lipinski definition) is 3. The monoisotopic (exact) mass is 321 g/mol. The molecule has 0 N–H and O–H groups in total. The lowest BCUT2D eigenvalue weighted by Crippen LogP contribution is -2.12. The van der Waals surface area contributed by atoms with E-state index < -0.39 is 0 Å². The maximum absolute atomic E-state index is 4.85. The molecule has 0 amide bonds. The van der Waals surface area contributed by atoms with E-state index in [0.29, 0.717) is 5.92 Å². The molecule has 1 aliphatic carbocycles. The van der Waals surface area contributed by atoms with E-state index in [4.69, 9.17) is 10.1 Å². The molecule has 0 bridgehead atoms. The molecule has 2 aromatic heterocycles. The van der Waals surface area contributed by atoms with Gasteiger partial charge in [-0.3, -0.25) is 0 Å². The standard InChI is InChI=1S/C19H23N5/c1-13-6-4-5-7-17(13)10-24-18(21-19(22-24)16-8-9-16)11-23-12-20-14(2)15(23)3/h4-7,12,16H,8-11H2,1-3H3. The van der Waals surface area contributed by atoms with Crippen LogP contribution < -0.4 is 0 Å². The second-order valence-corrected chi connectivity index (χ2v) is 6.79. The molecule has 5 nitrogen and oxygen atoms in total. The van der Waals surface area contributed by atoms with Crippen molar-refractivity contribution in [3.05, 3.63) is 64.8 Å². The Bertz CT molecular complexity index is 870. The highest BCUT2D eigenvalue weighted by Crippen LogP contribution is 2.38. The first kappa shape index (κ1) is 15.1. The molecule has 2 heterocycles. The largest absolute Gasteiger partial charge is 0.327 e. The zero-order valence-corrected chi connectivity index (χ0v) is 14.5. The zero-order valence-electron chi connectivity index (χ0n) is 14.5. The summed E-state index contributed by atoms with van der Waals surface area (Å²) in [6.07, 6.45) is 4.34. The molecule has 0 radical (unpaired) electrons. The van der Waals surface area contributed by atoms with Crippen LogP contribution in [0.25, 0.3) is 0 Å². The summed E-state index contributed by atoms with van der Waals surface area (Å²) in [6, 6.07) is 8.49. The Labute approximate surface area is 142 Å². The number of imidazole rings is 1. The zero-order chi connectivity index (χ0) is 16.7. The van der Waals surface area contributed by atoms with Gasteiger partial charge in [-0.1, -0.05) is 24.3 Å². The Kier molecular flexibility index (Phi) is 3.71. The third-order valence-electron chi connectivity index (χ3n) is 4.95. The highest BCUT2D eigenvalue weighted by Gasteiger charge is 2.29. The molecule has 0 aliphatic heterocycles. The molecular formula is C19H23N5. The average molecular weight is 321 g/mol. The Morgan fingerprint density at radius 2 is 1.88 bits per heavy atom. The normalized spacial score (nSPS) is 14.3. The minimum absolute atomic E-state index is 0.562. The van der Waals surface area contributed by atoms with E-state index in [1.165, 1.54) is 29.7 Å². The van der Waals surface area contributed by atoms with Crippen LogP contribution in [-0.4, -0.2) is 24.3 Å². The van der Waals surface area contributed by atoms with E-state index in [-0.39, 0.29) is 0 Å². The molecular weight excluding hydrogens is 298 g/mol. The van der Waals surface area contributed by atoms with Crippen molar-refractivity contribution in [1.82, 2.24) is 24.3 Å². The van der Waals surface area contributed by atoms with Gasteiger partial charge in [0.1, 0.15) is 5.82 Å². The van der Waals surface area contributed by atoms with Crippen molar-refractivity contribution >= 4 is 0 Å². The molecule has 3 aromatic rings. The summed E-state index contributed by atoms with van der Waals surface area (Å²) in [4.78, 5) is 9.25. The maximum Gasteiger partial charge on any atom is 0.154 e. The van der Waals surface area contributed by atoms with Crippen LogP contribution in [0.2, 0.25) is 0 Å². The van der Waals surface area contributed by atoms with Crippen molar-refractivity contribution in [2.75, 3.05) is 0 Å². The number of rotatable bonds is 5. The predicted molar refractivity (Wildman–Crippen MR) is 93.1 cm³/mol. The second-order valence-electron chi connectivity index (χ2n) is 6.79. The fraction of sp³-hybridized carbons (Fsp3) is 0.421. The van der Waals surface area contributed by atoms with Crippen LogP contribution in [0.15, 0.2) is 30.6 Å². The molecule has 1 saturated carbocycles. The van der Waals surface area contributed by atoms with Gasteiger partial charge in [0.05, 0.1) is 25.1 Å². The number of aromatic nitrogens is 5. The van der Waals surface area contributed by atoms with Gasteiger partial charge in [0.25, 0.3) is 0 Å². The summed E-state index contributed by atoms with van der Waals surface area (Å²) in [7, 11) is 0. The van der Waals surface area contributed by atoms with E-state index in [1.54, 1.807) is 0 Å². The fourth-order valence-electron chi connectivity index (χ4n) is 2.96. The summed E-state index contributed by atoms with van der Waals surface area (Å²) >= 11 is 0. The minimum atomic E-state index is 0.562. The number of benzene rings is 1. The van der Waals surface area contributed by atoms with Crippen molar-refractivity contribution in [3.8, 4) is 0 Å². The van der Waals surface area contributed by atoms with Gasteiger partial charge in [-0.25, -0.2) is 14.6 Å². The molecule has 0 atom stereocenters. The molecule has 24 heavy (non-hydrogen) atoms. The van der Waals surface area contributed by atoms with Crippen LogP contribution in [-0.2, 0) is 13.1 Å². The quantitative estimate of drug-likeness (QED) is 0.724. The molecule has 0 unspecified atom stereocenters. The van der Waals surface area contributed by atoms with Crippen molar-refractivity contribution in [3.63, 3.8) is 0 Å². The summed E-state index contributed by atoms with van der Waals surface area (Å²) in [5.74, 6) is 2.58. The smallest absolute Gasteiger partial charge is 0.154 e. The van der Waals surface area contributed by atoms with Gasteiger partial charge in [0, 0.05) is 11.6 Å². The van der Waals surface area contributed by atoms with E-state index in [2.05, 4.69) is 52.3 Å². The van der Waals surface area contributed by atoms with E-state index in [0.717, 1.165) is 30.4 Å². The third-order valence-corrected chi connectivity index (χ3v) is 4.95. The number of hydrogen-bond donors (Lipinski definition) is 0. The van der Waals surface area contributed by atoms with E-state index in [9.17, 15) is 0 Å². The van der Waals surface area contributed by atoms with Gasteiger partial charge >= 0.3 is 0 Å². The minimum Gasteiger partial charge on any atom is -0.327 e. The highest BCUT2D eigenvalue weighted by atomic mass is 15.4. The first-order chi connectivity index (χ1) is 11.6. The highest BCUT2D eigenvalue weighted by molar-refractivity contribution is 5.26. The third kappa shape index (κ3) is 2.86. The van der Waals surface area contributed by atoms with Crippen molar-refractivity contribution in [1.29, 1.82) is 0 Å². The van der Waals surface area contributed by atoms with Crippen molar-refractivity contribution in [2.45, 2.75) is 52.6 Å². The number of aryl methyl sites for hydroxylation is 2. The molecule has 1 aromatic carbocycles. The van der Waals surface area contributed by atoms with Gasteiger partial charge in [-0.2, -0.15) is 5.10 Å². The maximum atomic E-state index is 4.85. The second kappa shape index (κ2) is 5.89. The molecule has 0 spiro atoms. The summed E-state index contributed by atoms with van der Waals surface area (Å²) in [6.45, 7) is 7.79. The average Bonchev–Trinajstić information content (AvgIpc) is 3.29. The lowest BCUT2D eigenvalue weighted by atomic mass is 10.1. The van der Waals surface area contributed by atoms with Crippen molar-refractivity contribution < 1.29 is 0 Å². The molecule has 0 saturated heterocycles. The Hall–Kier alpha value is -2.43. The van der Waals surface area contributed by atoms with Gasteiger partial charge < -0.3 is 4.57 Å². The van der Waals surface area contributed by atoms with Crippen LogP contribution in [0.4, 0.5) is 0 Å². The van der Waals surface area contributed by atoms with E-state index in [1.807, 2.05) is 13.3 Å². The van der Waals surface area contributed by atoms with Crippen molar-refractivity contribution in [2.24, 2.45) is 0 Å². The van der Waals surface area contributed by atoms with Crippen LogP contribution in [0.1, 0.15) is 52.9 Å². The predicted octanol–water partition coefficient (Wildman–Crippen LogP) is 3.37. The van der Waals surface area contributed by atoms with Gasteiger partial charge in [0.15, 0.2) is 5.82 Å². The van der Waals surface area contributed by atoms with Gasteiger partial charge in [-0.05, 0) is 44.7 Å². The molecule has 1 fully saturated rings. The SMILES string of the molecule is Cc1ccccc1Cn1nc(C2CC2)nc1Cn1cnc(C)c1C. The molecule has 4 rings (SSSR count).